The molecule has 8 heteroatoms. The predicted octanol–water partition coefficient (Wildman–Crippen LogP) is 3.59. The van der Waals surface area contributed by atoms with Gasteiger partial charge in [-0.05, 0) is 30.3 Å². The van der Waals surface area contributed by atoms with Crippen molar-refractivity contribution >= 4 is 23.2 Å². The Labute approximate surface area is 168 Å². The van der Waals surface area contributed by atoms with Crippen molar-refractivity contribution < 1.29 is 14.1 Å². The number of carbonyl (C=O) groups excluding carboxylic acids is 2. The second kappa shape index (κ2) is 8.64. The van der Waals surface area contributed by atoms with Gasteiger partial charge in [0.25, 0.3) is 5.91 Å². The number of pyridine rings is 1. The van der Waals surface area contributed by atoms with Gasteiger partial charge < -0.3 is 15.2 Å². The van der Waals surface area contributed by atoms with Gasteiger partial charge in [-0.25, -0.2) is 0 Å². The first-order valence-electron chi connectivity index (χ1n) is 9.25. The van der Waals surface area contributed by atoms with Crippen LogP contribution in [0.25, 0.3) is 0 Å². The number of rotatable bonds is 6. The van der Waals surface area contributed by atoms with Gasteiger partial charge in [-0.2, -0.15) is 4.98 Å². The molecule has 8 nitrogen and oxygen atoms in total. The van der Waals surface area contributed by atoms with Gasteiger partial charge in [0.05, 0.1) is 0 Å². The first-order chi connectivity index (χ1) is 13.8. The maximum absolute atomic E-state index is 12.2. The van der Waals surface area contributed by atoms with E-state index in [1.807, 2.05) is 20.8 Å². The zero-order valence-electron chi connectivity index (χ0n) is 16.6. The Morgan fingerprint density at radius 3 is 2.38 bits per heavy atom. The molecule has 2 amide bonds. The van der Waals surface area contributed by atoms with Crippen molar-refractivity contribution in [3.05, 3.63) is 66.1 Å². The maximum Gasteiger partial charge on any atom is 0.255 e. The predicted molar refractivity (Wildman–Crippen MR) is 109 cm³/mol. The number of nitrogens with one attached hydrogen (secondary N) is 2. The molecule has 0 saturated heterocycles. The van der Waals surface area contributed by atoms with E-state index in [0.717, 1.165) is 0 Å². The average Bonchev–Trinajstić information content (AvgIpc) is 3.17. The van der Waals surface area contributed by atoms with E-state index in [1.54, 1.807) is 48.8 Å². The van der Waals surface area contributed by atoms with Gasteiger partial charge >= 0.3 is 0 Å². The van der Waals surface area contributed by atoms with Crippen LogP contribution >= 0.6 is 0 Å². The van der Waals surface area contributed by atoms with E-state index in [1.165, 1.54) is 0 Å². The smallest absolute Gasteiger partial charge is 0.255 e. The monoisotopic (exact) mass is 393 g/mol. The summed E-state index contributed by atoms with van der Waals surface area (Å²) in [5, 5.41) is 9.56. The summed E-state index contributed by atoms with van der Waals surface area (Å²) in [6.07, 6.45) is 3.67. The summed E-state index contributed by atoms with van der Waals surface area (Å²) in [7, 11) is 0. The summed E-state index contributed by atoms with van der Waals surface area (Å²) in [5.74, 6) is 0.619. The van der Waals surface area contributed by atoms with Gasteiger partial charge in [-0.1, -0.05) is 32.0 Å². The Morgan fingerprint density at radius 1 is 1.03 bits per heavy atom. The fraction of sp³-hybridized carbons (Fsp3) is 0.286. The van der Waals surface area contributed by atoms with Gasteiger partial charge in [0, 0.05) is 47.6 Å². The largest absolute Gasteiger partial charge is 0.339 e. The number of hydrogen-bond acceptors (Lipinski definition) is 6. The van der Waals surface area contributed by atoms with Gasteiger partial charge in [0.2, 0.25) is 11.8 Å². The molecule has 0 aliphatic carbocycles. The first-order valence-corrected chi connectivity index (χ1v) is 9.25. The summed E-state index contributed by atoms with van der Waals surface area (Å²) in [5.41, 5.74) is 1.47. The number of benzene rings is 1. The molecule has 0 saturated carbocycles. The normalized spacial score (nSPS) is 11.1. The van der Waals surface area contributed by atoms with E-state index in [9.17, 15) is 9.59 Å². The molecule has 0 spiro atoms. The van der Waals surface area contributed by atoms with E-state index in [-0.39, 0.29) is 23.7 Å². The summed E-state index contributed by atoms with van der Waals surface area (Å²) < 4.78 is 5.20. The lowest BCUT2D eigenvalue weighted by Gasteiger charge is -2.10. The molecule has 150 valence electrons. The minimum Gasteiger partial charge on any atom is -0.339 e. The van der Waals surface area contributed by atoms with Crippen molar-refractivity contribution in [1.29, 1.82) is 0 Å². The van der Waals surface area contributed by atoms with Gasteiger partial charge in [-0.15, -0.1) is 0 Å². The molecule has 0 radical (unpaired) electrons. The number of anilines is 2. The van der Waals surface area contributed by atoms with Crippen LogP contribution < -0.4 is 10.6 Å². The average molecular weight is 393 g/mol. The third-order valence-corrected chi connectivity index (χ3v) is 4.05. The van der Waals surface area contributed by atoms with Crippen molar-refractivity contribution in [3.63, 3.8) is 0 Å². The van der Waals surface area contributed by atoms with Crippen molar-refractivity contribution in [2.45, 2.75) is 39.0 Å². The van der Waals surface area contributed by atoms with Crippen LogP contribution in [0.1, 0.15) is 49.3 Å². The maximum atomic E-state index is 12.2. The van der Waals surface area contributed by atoms with Gasteiger partial charge in [0.15, 0.2) is 5.82 Å². The molecular formula is C21H23N5O3. The molecule has 29 heavy (non-hydrogen) atoms. The molecule has 2 aromatic heterocycles. The van der Waals surface area contributed by atoms with Crippen molar-refractivity contribution in [2.24, 2.45) is 0 Å². The molecular weight excluding hydrogens is 370 g/mol. The Hall–Kier alpha value is -3.55. The third kappa shape index (κ3) is 5.71. The minimum atomic E-state index is -0.248. The highest BCUT2D eigenvalue weighted by molar-refractivity contribution is 6.04. The summed E-state index contributed by atoms with van der Waals surface area (Å²) in [6, 6.07) is 10.2. The minimum absolute atomic E-state index is 0.182. The molecule has 0 unspecified atom stereocenters. The molecule has 0 aliphatic heterocycles. The number of nitrogens with zero attached hydrogens (tertiary/aromatic N) is 3. The van der Waals surface area contributed by atoms with E-state index in [2.05, 4.69) is 25.8 Å². The highest BCUT2D eigenvalue weighted by Gasteiger charge is 2.21. The van der Waals surface area contributed by atoms with Crippen molar-refractivity contribution in [1.82, 2.24) is 15.1 Å². The van der Waals surface area contributed by atoms with Crippen LogP contribution in [-0.4, -0.2) is 26.9 Å². The number of amides is 2. The quantitative estimate of drug-likeness (QED) is 0.662. The SMILES string of the molecule is CC(C)(C)c1noc(CCC(=O)Nc2cccc(NC(=O)c3ccncc3)c2)n1. The first kappa shape index (κ1) is 20.2. The van der Waals surface area contributed by atoms with E-state index >= 15 is 0 Å². The van der Waals surface area contributed by atoms with E-state index < -0.39 is 0 Å². The van der Waals surface area contributed by atoms with Crippen LogP contribution in [0.2, 0.25) is 0 Å². The molecule has 0 bridgehead atoms. The lowest BCUT2D eigenvalue weighted by molar-refractivity contribution is -0.116. The zero-order chi connectivity index (χ0) is 20.9. The van der Waals surface area contributed by atoms with E-state index in [4.69, 9.17) is 4.52 Å². The fourth-order valence-electron chi connectivity index (χ4n) is 2.49. The Bertz CT molecular complexity index is 993. The lowest BCUT2D eigenvalue weighted by atomic mass is 9.96. The lowest BCUT2D eigenvalue weighted by Crippen LogP contribution is -2.15. The van der Waals surface area contributed by atoms with E-state index in [0.29, 0.717) is 35.1 Å². The second-order valence-electron chi connectivity index (χ2n) is 7.58. The fourth-order valence-corrected chi connectivity index (χ4v) is 2.49. The molecule has 0 fully saturated rings. The molecule has 2 N–H and O–H groups in total. The summed E-state index contributed by atoms with van der Waals surface area (Å²) in [6.45, 7) is 5.98. The topological polar surface area (TPSA) is 110 Å². The number of aromatic nitrogens is 3. The number of hydrogen-bond donors (Lipinski definition) is 2. The highest BCUT2D eigenvalue weighted by atomic mass is 16.5. The van der Waals surface area contributed by atoms with Crippen molar-refractivity contribution in [3.8, 4) is 0 Å². The highest BCUT2D eigenvalue weighted by Crippen LogP contribution is 2.19. The molecule has 3 rings (SSSR count). The standard InChI is InChI=1S/C21H23N5O3/c1-21(2,3)20-25-18(29-26-20)8-7-17(27)23-15-5-4-6-16(13-15)24-19(28)14-9-11-22-12-10-14/h4-6,9-13H,7-8H2,1-3H3,(H,23,27)(H,24,28). The third-order valence-electron chi connectivity index (χ3n) is 4.05. The molecule has 3 aromatic rings. The molecule has 1 aromatic carbocycles. The van der Waals surface area contributed by atoms with Crippen LogP contribution in [0, 0.1) is 0 Å². The van der Waals surface area contributed by atoms with Crippen LogP contribution in [0.3, 0.4) is 0 Å². The second-order valence-corrected chi connectivity index (χ2v) is 7.58. The van der Waals surface area contributed by atoms with Crippen molar-refractivity contribution in [2.75, 3.05) is 10.6 Å². The van der Waals surface area contributed by atoms with Crippen LogP contribution in [-0.2, 0) is 16.6 Å². The van der Waals surface area contributed by atoms with Crippen LogP contribution in [0.5, 0.6) is 0 Å². The number of carbonyl (C=O) groups is 2. The Kier molecular flexibility index (Phi) is 6.01. The molecule has 0 aliphatic rings. The summed E-state index contributed by atoms with van der Waals surface area (Å²) in [4.78, 5) is 32.7. The molecule has 0 atom stereocenters. The molecule has 2 heterocycles. The van der Waals surface area contributed by atoms with Gasteiger partial charge in [-0.3, -0.25) is 14.6 Å². The Balaban J connectivity index is 1.55. The zero-order valence-corrected chi connectivity index (χ0v) is 16.6. The summed E-state index contributed by atoms with van der Waals surface area (Å²) >= 11 is 0. The van der Waals surface area contributed by atoms with Crippen LogP contribution in [0.15, 0.2) is 53.3 Å². The van der Waals surface area contributed by atoms with Crippen LogP contribution in [0.4, 0.5) is 11.4 Å². The number of aryl methyl sites for hydroxylation is 1. The van der Waals surface area contributed by atoms with Gasteiger partial charge in [0.1, 0.15) is 0 Å². The Morgan fingerprint density at radius 2 is 1.72 bits per heavy atom.